The fraction of sp³-hybridized carbons (Fsp3) is 0.500. The van der Waals surface area contributed by atoms with Crippen LogP contribution in [0.3, 0.4) is 0 Å². The van der Waals surface area contributed by atoms with Crippen molar-refractivity contribution in [1.29, 1.82) is 0 Å². The van der Waals surface area contributed by atoms with Crippen LogP contribution in [0.25, 0.3) is 11.3 Å². The zero-order chi connectivity index (χ0) is 21.6. The monoisotopic (exact) mass is 434 g/mol. The maximum absolute atomic E-state index is 12.3. The normalized spacial score (nSPS) is 17.5. The van der Waals surface area contributed by atoms with Crippen molar-refractivity contribution < 1.29 is 23.1 Å². The van der Waals surface area contributed by atoms with Crippen LogP contribution in [0.1, 0.15) is 19.3 Å². The number of rotatable bonds is 8. The topological polar surface area (TPSA) is 92.7 Å². The molecule has 0 unspecified atom stereocenters. The highest BCUT2D eigenvalue weighted by atomic mass is 19.3. The molecule has 1 amide bonds. The van der Waals surface area contributed by atoms with Gasteiger partial charge in [0.15, 0.2) is 0 Å². The lowest BCUT2D eigenvalue weighted by atomic mass is 9.97. The second kappa shape index (κ2) is 9.92. The van der Waals surface area contributed by atoms with Gasteiger partial charge in [-0.15, -0.1) is 5.10 Å². The van der Waals surface area contributed by atoms with E-state index in [1.54, 1.807) is 12.1 Å². The molecule has 2 aromatic rings. The number of alkyl halides is 2. The summed E-state index contributed by atoms with van der Waals surface area (Å²) in [6.45, 7) is 0.103. The van der Waals surface area contributed by atoms with Crippen LogP contribution in [0.15, 0.2) is 30.5 Å². The van der Waals surface area contributed by atoms with E-state index in [0.29, 0.717) is 37.8 Å². The van der Waals surface area contributed by atoms with E-state index in [1.165, 1.54) is 18.3 Å². The van der Waals surface area contributed by atoms with E-state index < -0.39 is 6.61 Å². The van der Waals surface area contributed by atoms with E-state index in [1.807, 2.05) is 4.90 Å². The lowest BCUT2D eigenvalue weighted by molar-refractivity contribution is -0.144. The van der Waals surface area contributed by atoms with Gasteiger partial charge in [-0.3, -0.25) is 14.5 Å². The molecule has 9 nitrogen and oxygen atoms in total. The first kappa shape index (κ1) is 21.3. The second-order valence-corrected chi connectivity index (χ2v) is 7.50. The second-order valence-electron chi connectivity index (χ2n) is 7.50. The number of halogens is 2. The Balaban J connectivity index is 1.29. The molecular weight excluding hydrogens is 410 g/mol. The molecule has 2 aliphatic rings. The molecule has 31 heavy (non-hydrogen) atoms. The van der Waals surface area contributed by atoms with Gasteiger partial charge in [-0.1, -0.05) is 0 Å². The molecule has 1 N–H and O–H groups in total. The lowest BCUT2D eigenvalue weighted by Crippen LogP contribution is -2.50. The summed E-state index contributed by atoms with van der Waals surface area (Å²) in [6, 6.07) is 6.21. The van der Waals surface area contributed by atoms with Gasteiger partial charge in [0.1, 0.15) is 5.75 Å². The molecule has 0 bridgehead atoms. The Labute approximate surface area is 178 Å². The van der Waals surface area contributed by atoms with Crippen LogP contribution < -0.4 is 15.1 Å². The first-order chi connectivity index (χ1) is 15.1. The largest absolute Gasteiger partial charge is 0.435 e. The third kappa shape index (κ3) is 5.82. The number of aromatic nitrogens is 3. The summed E-state index contributed by atoms with van der Waals surface area (Å²) < 4.78 is 29.0. The summed E-state index contributed by atoms with van der Waals surface area (Å²) in [4.78, 5) is 26.0. The summed E-state index contributed by atoms with van der Waals surface area (Å²) in [7, 11) is 0. The third-order valence-corrected chi connectivity index (χ3v) is 5.34. The van der Waals surface area contributed by atoms with Crippen LogP contribution >= 0.6 is 0 Å². The number of carbonyl (C=O) groups is 1. The molecule has 1 aromatic heterocycles. The number of ether oxygens (including phenoxy) is 1. The number of carbonyl (C=O) groups excluding carboxylic acids is 1. The van der Waals surface area contributed by atoms with Crippen molar-refractivity contribution in [2.24, 2.45) is 0 Å². The van der Waals surface area contributed by atoms with Gasteiger partial charge < -0.3 is 9.64 Å². The zero-order valence-corrected chi connectivity index (χ0v) is 16.9. The minimum absolute atomic E-state index is 0.0826. The van der Waals surface area contributed by atoms with Crippen molar-refractivity contribution in [3.8, 4) is 17.0 Å². The van der Waals surface area contributed by atoms with Gasteiger partial charge >= 0.3 is 6.61 Å². The molecule has 1 saturated heterocycles. The van der Waals surface area contributed by atoms with Crippen LogP contribution in [0.5, 0.6) is 5.75 Å². The molecule has 0 radical (unpaired) electrons. The summed E-state index contributed by atoms with van der Waals surface area (Å²) >= 11 is 0. The van der Waals surface area contributed by atoms with Crippen LogP contribution in [-0.2, 0) is 9.63 Å². The van der Waals surface area contributed by atoms with E-state index in [2.05, 4.69) is 30.3 Å². The van der Waals surface area contributed by atoms with Crippen LogP contribution in [0.4, 0.5) is 14.7 Å². The minimum Gasteiger partial charge on any atom is -0.435 e. The van der Waals surface area contributed by atoms with E-state index in [0.717, 1.165) is 24.8 Å². The number of hydrogen-bond donors (Lipinski definition) is 1. The summed E-state index contributed by atoms with van der Waals surface area (Å²) in [5.74, 6) is 0.432. The smallest absolute Gasteiger partial charge is 0.387 e. The van der Waals surface area contributed by atoms with E-state index in [9.17, 15) is 13.6 Å². The number of anilines is 1. The lowest BCUT2D eigenvalue weighted by Gasteiger charge is -2.34. The molecular formula is C20H24F2N6O3. The number of hydroxylamine groups is 1. The highest BCUT2D eigenvalue weighted by Gasteiger charge is 2.23. The Morgan fingerprint density at radius 2 is 1.90 bits per heavy atom. The predicted molar refractivity (Wildman–Crippen MR) is 107 cm³/mol. The highest BCUT2D eigenvalue weighted by molar-refractivity contribution is 5.77. The summed E-state index contributed by atoms with van der Waals surface area (Å²) in [5.41, 5.74) is 3.84. The van der Waals surface area contributed by atoms with Crippen molar-refractivity contribution in [3.63, 3.8) is 0 Å². The molecule has 0 atom stereocenters. The Morgan fingerprint density at radius 1 is 1.16 bits per heavy atom. The molecule has 1 saturated carbocycles. The fourth-order valence-corrected chi connectivity index (χ4v) is 3.35. The average molecular weight is 434 g/mol. The number of nitrogens with zero attached hydrogens (tertiary/aromatic N) is 5. The molecule has 1 aromatic carbocycles. The van der Waals surface area contributed by atoms with Crippen LogP contribution in [0.2, 0.25) is 0 Å². The molecule has 2 fully saturated rings. The van der Waals surface area contributed by atoms with Crippen molar-refractivity contribution in [1.82, 2.24) is 25.6 Å². The summed E-state index contributed by atoms with van der Waals surface area (Å²) in [6.07, 6.45) is 4.83. The molecule has 4 rings (SSSR count). The number of amides is 1. The maximum Gasteiger partial charge on any atom is 0.387 e. The Kier molecular flexibility index (Phi) is 6.82. The van der Waals surface area contributed by atoms with E-state index in [-0.39, 0.29) is 24.3 Å². The van der Waals surface area contributed by atoms with Gasteiger partial charge in [0.25, 0.3) is 5.91 Å². The molecule has 2 heterocycles. The van der Waals surface area contributed by atoms with Crippen molar-refractivity contribution in [2.45, 2.75) is 32.0 Å². The van der Waals surface area contributed by atoms with Crippen molar-refractivity contribution in [2.75, 3.05) is 37.6 Å². The Hall–Kier alpha value is -2.92. The first-order valence-corrected chi connectivity index (χ1v) is 10.2. The van der Waals surface area contributed by atoms with Gasteiger partial charge in [0.2, 0.25) is 5.95 Å². The standard InChI is InChI=1S/C20H24F2N6O3/c21-19(22)30-15-6-4-14(5-7-15)17-12-23-25-20(24-17)28-10-8-27(9-11-28)13-18(29)26-31-16-2-1-3-16/h4-7,12,16,19H,1-3,8-11,13H2,(H,26,29). The van der Waals surface area contributed by atoms with Crippen LogP contribution in [-0.4, -0.2) is 71.4 Å². The fourth-order valence-electron chi connectivity index (χ4n) is 3.35. The third-order valence-electron chi connectivity index (χ3n) is 5.34. The SMILES string of the molecule is O=C(CN1CCN(c2nncc(-c3ccc(OC(F)F)cc3)n2)CC1)NOC1CCC1. The molecule has 1 aliphatic heterocycles. The molecule has 0 spiro atoms. The molecule has 11 heteroatoms. The quantitative estimate of drug-likeness (QED) is 0.630. The first-order valence-electron chi connectivity index (χ1n) is 10.2. The van der Waals surface area contributed by atoms with Gasteiger partial charge in [-0.2, -0.15) is 13.9 Å². The van der Waals surface area contributed by atoms with Crippen molar-refractivity contribution >= 4 is 11.9 Å². The highest BCUT2D eigenvalue weighted by Crippen LogP contribution is 2.23. The molecule has 1 aliphatic carbocycles. The Morgan fingerprint density at radius 3 is 2.55 bits per heavy atom. The van der Waals surface area contributed by atoms with E-state index >= 15 is 0 Å². The number of hydrogen-bond acceptors (Lipinski definition) is 8. The van der Waals surface area contributed by atoms with Gasteiger partial charge in [-0.25, -0.2) is 10.5 Å². The van der Waals surface area contributed by atoms with Gasteiger partial charge in [-0.05, 0) is 43.5 Å². The number of piperazine rings is 1. The van der Waals surface area contributed by atoms with Crippen LogP contribution in [0, 0.1) is 0 Å². The zero-order valence-electron chi connectivity index (χ0n) is 16.9. The number of nitrogens with one attached hydrogen (secondary N) is 1. The van der Waals surface area contributed by atoms with Crippen molar-refractivity contribution in [3.05, 3.63) is 30.5 Å². The Bertz CT molecular complexity index is 873. The predicted octanol–water partition coefficient (Wildman–Crippen LogP) is 1.86. The maximum atomic E-state index is 12.3. The number of benzene rings is 1. The summed E-state index contributed by atoms with van der Waals surface area (Å²) in [5, 5.41) is 8.15. The average Bonchev–Trinajstić information content (AvgIpc) is 2.73. The van der Waals surface area contributed by atoms with Gasteiger partial charge in [0, 0.05) is 31.7 Å². The minimum atomic E-state index is -2.86. The van der Waals surface area contributed by atoms with Gasteiger partial charge in [0.05, 0.1) is 24.5 Å². The molecule has 166 valence electrons. The van der Waals surface area contributed by atoms with E-state index in [4.69, 9.17) is 4.84 Å².